The molecule has 0 bridgehead atoms. The summed E-state index contributed by atoms with van der Waals surface area (Å²) in [4.78, 5) is 0. The summed E-state index contributed by atoms with van der Waals surface area (Å²) in [7, 11) is 1.72. The number of methoxy groups -OCH3 is 1. The molecule has 0 aliphatic carbocycles. The first kappa shape index (κ1) is 9.87. The quantitative estimate of drug-likeness (QED) is 0.764. The number of thiol groups is 1. The zero-order chi connectivity index (χ0) is 10.1. The molecule has 0 saturated heterocycles. The molecule has 0 saturated carbocycles. The minimum absolute atomic E-state index is 0.982. The Bertz CT molecular complexity index is 419. The monoisotopic (exact) mass is 224 g/mol. The zero-order valence-corrected chi connectivity index (χ0v) is 9.91. The second-order valence-corrected chi connectivity index (χ2v) is 5.01. The zero-order valence-electron chi connectivity index (χ0n) is 8.20. The number of aryl methyl sites for hydroxylation is 1. The lowest BCUT2D eigenvalue weighted by Crippen LogP contribution is -1.89. The predicted octanol–water partition coefficient (Wildman–Crippen LogP) is 3.76. The fourth-order valence-electron chi connectivity index (χ4n) is 1.57. The van der Waals surface area contributed by atoms with Crippen LogP contribution in [0, 0.1) is 0 Å². The molecular weight excluding hydrogens is 212 g/mol. The maximum atomic E-state index is 5.34. The number of fused-ring (bicyclic) bond motifs is 1. The van der Waals surface area contributed by atoms with Crippen LogP contribution in [0.4, 0.5) is 0 Å². The Kier molecular flexibility index (Phi) is 2.70. The molecule has 0 amide bonds. The van der Waals surface area contributed by atoms with Gasteiger partial charge in [0.15, 0.2) is 0 Å². The average molecular weight is 224 g/mol. The Morgan fingerprint density at radius 1 is 1.36 bits per heavy atom. The first-order chi connectivity index (χ1) is 6.74. The summed E-state index contributed by atoms with van der Waals surface area (Å²) in [6.07, 6.45) is 0.997. The van der Waals surface area contributed by atoms with E-state index in [1.165, 1.54) is 15.6 Å². The van der Waals surface area contributed by atoms with Crippen LogP contribution in [0.1, 0.15) is 12.5 Å². The summed E-state index contributed by atoms with van der Waals surface area (Å²) in [5.41, 5.74) is 1.26. The van der Waals surface area contributed by atoms with Crippen LogP contribution >= 0.6 is 24.0 Å². The van der Waals surface area contributed by atoms with Crippen molar-refractivity contribution in [3.05, 3.63) is 23.8 Å². The van der Waals surface area contributed by atoms with Crippen LogP contribution in [0.3, 0.4) is 0 Å². The van der Waals surface area contributed by atoms with Gasteiger partial charge in [0.2, 0.25) is 0 Å². The molecule has 14 heavy (non-hydrogen) atoms. The highest BCUT2D eigenvalue weighted by atomic mass is 32.2. The minimum Gasteiger partial charge on any atom is -0.496 e. The maximum absolute atomic E-state index is 5.34. The molecule has 3 heteroatoms. The van der Waals surface area contributed by atoms with E-state index >= 15 is 0 Å². The van der Waals surface area contributed by atoms with Gasteiger partial charge in [0, 0.05) is 4.70 Å². The topological polar surface area (TPSA) is 9.23 Å². The maximum Gasteiger partial charge on any atom is 0.123 e. The lowest BCUT2D eigenvalue weighted by Gasteiger charge is -2.05. The molecule has 2 aromatic rings. The minimum atomic E-state index is 0.982. The van der Waals surface area contributed by atoms with E-state index in [9.17, 15) is 0 Å². The van der Waals surface area contributed by atoms with E-state index in [0.717, 1.165) is 16.4 Å². The number of hydrogen-bond acceptors (Lipinski definition) is 3. The summed E-state index contributed by atoms with van der Waals surface area (Å²) < 4.78 is 7.63. The van der Waals surface area contributed by atoms with Crippen molar-refractivity contribution in [2.75, 3.05) is 7.11 Å². The van der Waals surface area contributed by atoms with E-state index in [2.05, 4.69) is 37.8 Å². The second-order valence-electron chi connectivity index (χ2n) is 3.14. The molecule has 2 rings (SSSR count). The van der Waals surface area contributed by atoms with Gasteiger partial charge in [0.05, 0.1) is 11.3 Å². The molecule has 1 nitrogen and oxygen atoms in total. The lowest BCUT2D eigenvalue weighted by molar-refractivity contribution is 0.411. The summed E-state index contributed by atoms with van der Waals surface area (Å²) >= 11 is 6.03. The molecule has 0 unspecified atom stereocenters. The van der Waals surface area contributed by atoms with Gasteiger partial charge >= 0.3 is 0 Å². The first-order valence-electron chi connectivity index (χ1n) is 4.54. The highest BCUT2D eigenvalue weighted by molar-refractivity contribution is 7.83. The smallest absolute Gasteiger partial charge is 0.123 e. The van der Waals surface area contributed by atoms with Crippen LogP contribution in [-0.2, 0) is 6.42 Å². The first-order valence-corrected chi connectivity index (χ1v) is 5.80. The number of benzene rings is 1. The van der Waals surface area contributed by atoms with Gasteiger partial charge in [0.1, 0.15) is 5.75 Å². The Balaban J connectivity index is 2.68. The van der Waals surface area contributed by atoms with Gasteiger partial charge in [0.25, 0.3) is 0 Å². The second kappa shape index (κ2) is 3.83. The number of rotatable bonds is 2. The standard InChI is InChI=1S/C11H12OS2/c1-3-7-4-8-5-11(13)14-10(8)6-9(7)12-2/h4-6,13H,3H2,1-2H3. The third kappa shape index (κ3) is 1.62. The molecule has 0 N–H and O–H groups in total. The van der Waals surface area contributed by atoms with E-state index in [1.54, 1.807) is 18.4 Å². The van der Waals surface area contributed by atoms with Gasteiger partial charge in [-0.05, 0) is 35.6 Å². The SMILES string of the molecule is CCc1cc2cc(S)sc2cc1OC. The van der Waals surface area contributed by atoms with Crippen molar-refractivity contribution in [3.63, 3.8) is 0 Å². The number of hydrogen-bond donors (Lipinski definition) is 1. The van der Waals surface area contributed by atoms with Crippen LogP contribution in [0.2, 0.25) is 0 Å². The van der Waals surface area contributed by atoms with Crippen LogP contribution < -0.4 is 4.74 Å². The Morgan fingerprint density at radius 3 is 2.79 bits per heavy atom. The molecule has 0 atom stereocenters. The molecule has 1 aromatic heterocycles. The van der Waals surface area contributed by atoms with E-state index in [0.29, 0.717) is 0 Å². The summed E-state index contributed by atoms with van der Waals surface area (Å²) in [5.74, 6) is 0.982. The highest BCUT2D eigenvalue weighted by Gasteiger charge is 2.05. The summed E-state index contributed by atoms with van der Waals surface area (Å²) in [6.45, 7) is 2.14. The molecule has 1 aromatic carbocycles. The van der Waals surface area contributed by atoms with Gasteiger partial charge < -0.3 is 4.74 Å². The van der Waals surface area contributed by atoms with E-state index < -0.39 is 0 Å². The van der Waals surface area contributed by atoms with Crippen molar-refractivity contribution in [1.82, 2.24) is 0 Å². The van der Waals surface area contributed by atoms with E-state index in [1.807, 2.05) is 0 Å². The van der Waals surface area contributed by atoms with E-state index in [4.69, 9.17) is 4.74 Å². The third-order valence-electron chi connectivity index (χ3n) is 2.29. The molecule has 1 heterocycles. The fraction of sp³-hybridized carbons (Fsp3) is 0.273. The molecule has 0 radical (unpaired) electrons. The normalized spacial score (nSPS) is 10.8. The van der Waals surface area contributed by atoms with Crippen molar-refractivity contribution in [2.24, 2.45) is 0 Å². The highest BCUT2D eigenvalue weighted by Crippen LogP contribution is 2.33. The van der Waals surface area contributed by atoms with Crippen LogP contribution in [0.5, 0.6) is 5.75 Å². The largest absolute Gasteiger partial charge is 0.496 e. The number of ether oxygens (including phenoxy) is 1. The van der Waals surface area contributed by atoms with Gasteiger partial charge in [-0.1, -0.05) is 6.92 Å². The van der Waals surface area contributed by atoms with Crippen molar-refractivity contribution in [3.8, 4) is 5.75 Å². The van der Waals surface area contributed by atoms with Crippen molar-refractivity contribution in [1.29, 1.82) is 0 Å². The third-order valence-corrected chi connectivity index (χ3v) is 3.59. The summed E-state index contributed by atoms with van der Waals surface area (Å²) in [5, 5.41) is 1.26. The average Bonchev–Trinajstić information content (AvgIpc) is 2.54. The molecule has 0 fully saturated rings. The van der Waals surface area contributed by atoms with Crippen LogP contribution in [0.25, 0.3) is 10.1 Å². The Labute approximate surface area is 93.1 Å². The molecule has 0 aliphatic heterocycles. The number of thiophene rings is 1. The molecule has 0 aliphatic rings. The molecular formula is C11H12OS2. The van der Waals surface area contributed by atoms with Gasteiger partial charge in [-0.25, -0.2) is 0 Å². The fourth-order valence-corrected chi connectivity index (χ4v) is 2.81. The predicted molar refractivity (Wildman–Crippen MR) is 65.0 cm³/mol. The van der Waals surface area contributed by atoms with Gasteiger partial charge in [-0.15, -0.1) is 24.0 Å². The van der Waals surface area contributed by atoms with Crippen LogP contribution in [0.15, 0.2) is 22.4 Å². The lowest BCUT2D eigenvalue weighted by atomic mass is 10.1. The van der Waals surface area contributed by atoms with Crippen molar-refractivity contribution < 1.29 is 4.74 Å². The van der Waals surface area contributed by atoms with Crippen molar-refractivity contribution in [2.45, 2.75) is 17.6 Å². The van der Waals surface area contributed by atoms with Crippen molar-refractivity contribution >= 4 is 34.1 Å². The molecule has 0 spiro atoms. The Morgan fingerprint density at radius 2 is 2.14 bits per heavy atom. The van der Waals surface area contributed by atoms with E-state index in [-0.39, 0.29) is 0 Å². The molecule has 74 valence electrons. The Hall–Kier alpha value is -0.670. The van der Waals surface area contributed by atoms with Gasteiger partial charge in [-0.3, -0.25) is 0 Å². The van der Waals surface area contributed by atoms with Crippen LogP contribution in [-0.4, -0.2) is 7.11 Å². The van der Waals surface area contributed by atoms with Gasteiger partial charge in [-0.2, -0.15) is 0 Å². The summed E-state index contributed by atoms with van der Waals surface area (Å²) in [6, 6.07) is 6.38.